The summed E-state index contributed by atoms with van der Waals surface area (Å²) in [6.07, 6.45) is -5.24. The van der Waals surface area contributed by atoms with Crippen LogP contribution in [0.1, 0.15) is 24.4 Å². The van der Waals surface area contributed by atoms with Crippen LogP contribution >= 0.6 is 0 Å². The summed E-state index contributed by atoms with van der Waals surface area (Å²) in [5.41, 5.74) is -1.79. The lowest BCUT2D eigenvalue weighted by Crippen LogP contribution is -2.53. The quantitative estimate of drug-likeness (QED) is 0.851. The Kier molecular flexibility index (Phi) is 3.42. The Morgan fingerprint density at radius 3 is 2.26 bits per heavy atom. The summed E-state index contributed by atoms with van der Waals surface area (Å²) in [7, 11) is 0. The third-order valence-corrected chi connectivity index (χ3v) is 3.39. The minimum atomic E-state index is -4.57. The van der Waals surface area contributed by atoms with Crippen LogP contribution in [0.25, 0.3) is 0 Å². The summed E-state index contributed by atoms with van der Waals surface area (Å²) in [4.78, 5) is 10.1. The number of piperidine rings is 1. The third-order valence-electron chi connectivity index (χ3n) is 3.39. The van der Waals surface area contributed by atoms with E-state index in [4.69, 9.17) is 0 Å². The van der Waals surface area contributed by atoms with E-state index in [2.05, 4.69) is 9.97 Å². The van der Waals surface area contributed by atoms with Crippen molar-refractivity contribution >= 4 is 5.82 Å². The van der Waals surface area contributed by atoms with Crippen molar-refractivity contribution in [2.45, 2.75) is 38.5 Å². The average molecular weight is 275 g/mol. The van der Waals surface area contributed by atoms with Gasteiger partial charge in [-0.3, -0.25) is 0 Å². The highest BCUT2D eigenvalue weighted by Crippen LogP contribution is 2.38. The van der Waals surface area contributed by atoms with Gasteiger partial charge in [-0.25, -0.2) is 9.97 Å². The summed E-state index contributed by atoms with van der Waals surface area (Å²) in [6.45, 7) is 3.82. The predicted octanol–water partition coefficient (Wildman–Crippen LogP) is 1.99. The van der Waals surface area contributed by atoms with Crippen LogP contribution in [0.3, 0.4) is 0 Å². The highest BCUT2D eigenvalue weighted by molar-refractivity contribution is 5.40. The first-order valence-electron chi connectivity index (χ1n) is 6.08. The molecular formula is C12H16F3N3O. The zero-order valence-corrected chi connectivity index (χ0v) is 10.8. The van der Waals surface area contributed by atoms with Crippen molar-refractivity contribution in [3.8, 4) is 0 Å². The number of aromatic nitrogens is 2. The second-order valence-corrected chi connectivity index (χ2v) is 4.93. The molecule has 0 saturated carbocycles. The SMILES string of the molecule is Cc1cc(N2CCC(O)(C(F)(F)F)CC2)nc(C)n1. The topological polar surface area (TPSA) is 49.2 Å². The zero-order chi connectivity index (χ0) is 14.3. The standard InChI is InChI=1S/C12H16F3N3O/c1-8-7-10(17-9(2)16-8)18-5-3-11(19,4-6-18)12(13,14)15/h7,19H,3-6H2,1-2H3. The molecule has 1 N–H and O–H groups in total. The predicted molar refractivity (Wildman–Crippen MR) is 64.0 cm³/mol. The van der Waals surface area contributed by atoms with Crippen molar-refractivity contribution in [1.29, 1.82) is 0 Å². The van der Waals surface area contributed by atoms with Crippen molar-refractivity contribution in [2.24, 2.45) is 0 Å². The van der Waals surface area contributed by atoms with Crippen molar-refractivity contribution in [2.75, 3.05) is 18.0 Å². The van der Waals surface area contributed by atoms with Gasteiger partial charge in [-0.2, -0.15) is 13.2 Å². The Morgan fingerprint density at radius 2 is 1.79 bits per heavy atom. The maximum atomic E-state index is 12.7. The van der Waals surface area contributed by atoms with Crippen LogP contribution in [0, 0.1) is 13.8 Å². The molecule has 2 heterocycles. The fourth-order valence-corrected chi connectivity index (χ4v) is 2.25. The summed E-state index contributed by atoms with van der Waals surface area (Å²) < 4.78 is 38.1. The molecule has 1 aliphatic heterocycles. The largest absolute Gasteiger partial charge is 0.417 e. The lowest BCUT2D eigenvalue weighted by molar-refractivity contribution is -0.266. The second kappa shape index (κ2) is 4.63. The van der Waals surface area contributed by atoms with Gasteiger partial charge in [-0.15, -0.1) is 0 Å². The first-order valence-corrected chi connectivity index (χ1v) is 6.08. The first-order chi connectivity index (χ1) is 8.71. The number of aliphatic hydroxyl groups is 1. The number of hydrogen-bond donors (Lipinski definition) is 1. The van der Waals surface area contributed by atoms with E-state index >= 15 is 0 Å². The lowest BCUT2D eigenvalue weighted by atomic mass is 9.91. The van der Waals surface area contributed by atoms with Gasteiger partial charge in [0.05, 0.1) is 0 Å². The first kappa shape index (κ1) is 14.0. The molecule has 1 aromatic rings. The van der Waals surface area contributed by atoms with Crippen LogP contribution in [-0.2, 0) is 0 Å². The van der Waals surface area contributed by atoms with E-state index in [0.29, 0.717) is 11.6 Å². The maximum Gasteiger partial charge on any atom is 0.417 e. The fraction of sp³-hybridized carbons (Fsp3) is 0.667. The fourth-order valence-electron chi connectivity index (χ4n) is 2.25. The smallest absolute Gasteiger partial charge is 0.380 e. The Morgan fingerprint density at radius 1 is 1.21 bits per heavy atom. The van der Waals surface area contributed by atoms with Gasteiger partial charge < -0.3 is 10.0 Å². The van der Waals surface area contributed by atoms with E-state index in [9.17, 15) is 18.3 Å². The Labute approximate surface area is 109 Å². The summed E-state index contributed by atoms with van der Waals surface area (Å²) in [6, 6.07) is 1.74. The molecule has 1 aliphatic rings. The zero-order valence-electron chi connectivity index (χ0n) is 10.8. The molecule has 1 saturated heterocycles. The molecule has 0 atom stereocenters. The minimum Gasteiger partial charge on any atom is -0.380 e. The third kappa shape index (κ3) is 2.80. The Hall–Kier alpha value is -1.37. The monoisotopic (exact) mass is 275 g/mol. The van der Waals surface area contributed by atoms with E-state index in [1.165, 1.54) is 0 Å². The van der Waals surface area contributed by atoms with Gasteiger partial charge in [0.15, 0.2) is 5.60 Å². The number of hydrogen-bond acceptors (Lipinski definition) is 4. The van der Waals surface area contributed by atoms with Crippen molar-refractivity contribution < 1.29 is 18.3 Å². The average Bonchev–Trinajstić information content (AvgIpc) is 2.27. The maximum absolute atomic E-state index is 12.7. The molecule has 0 aliphatic carbocycles. The van der Waals surface area contributed by atoms with Crippen molar-refractivity contribution in [1.82, 2.24) is 9.97 Å². The highest BCUT2D eigenvalue weighted by atomic mass is 19.4. The minimum absolute atomic E-state index is 0.131. The molecule has 4 nitrogen and oxygen atoms in total. The molecule has 2 rings (SSSR count). The molecule has 7 heteroatoms. The number of alkyl halides is 3. The van der Waals surface area contributed by atoms with Crippen LogP contribution in [0.4, 0.5) is 19.0 Å². The molecule has 0 spiro atoms. The van der Waals surface area contributed by atoms with Crippen molar-refractivity contribution in [3.63, 3.8) is 0 Å². The van der Waals surface area contributed by atoms with Crippen LogP contribution < -0.4 is 4.90 Å². The number of nitrogens with zero attached hydrogens (tertiary/aromatic N) is 3. The number of anilines is 1. The molecule has 1 aromatic heterocycles. The highest BCUT2D eigenvalue weighted by Gasteiger charge is 2.54. The molecule has 0 amide bonds. The van der Waals surface area contributed by atoms with Gasteiger partial charge in [0.1, 0.15) is 11.6 Å². The van der Waals surface area contributed by atoms with Gasteiger partial charge in [-0.05, 0) is 13.8 Å². The summed E-state index contributed by atoms with van der Waals surface area (Å²) >= 11 is 0. The number of aryl methyl sites for hydroxylation is 2. The van der Waals surface area contributed by atoms with Gasteiger partial charge in [0, 0.05) is 37.7 Å². The van der Waals surface area contributed by atoms with E-state index in [-0.39, 0.29) is 25.9 Å². The molecule has 1 fully saturated rings. The molecular weight excluding hydrogens is 259 g/mol. The van der Waals surface area contributed by atoms with Crippen LogP contribution in [0.15, 0.2) is 6.07 Å². The molecule has 0 bridgehead atoms. The molecule has 19 heavy (non-hydrogen) atoms. The Balaban J connectivity index is 2.12. The van der Waals surface area contributed by atoms with Crippen molar-refractivity contribution in [3.05, 3.63) is 17.6 Å². The summed E-state index contributed by atoms with van der Waals surface area (Å²) in [5.74, 6) is 1.21. The second-order valence-electron chi connectivity index (χ2n) is 4.93. The molecule has 0 aromatic carbocycles. The van der Waals surface area contributed by atoms with Gasteiger partial charge in [0.2, 0.25) is 0 Å². The van der Waals surface area contributed by atoms with Gasteiger partial charge >= 0.3 is 6.18 Å². The van der Waals surface area contributed by atoms with Crippen LogP contribution in [-0.4, -0.2) is 39.9 Å². The molecule has 106 valence electrons. The molecule has 0 radical (unpaired) electrons. The number of halogens is 3. The lowest BCUT2D eigenvalue weighted by Gasteiger charge is -2.39. The number of rotatable bonds is 1. The summed E-state index contributed by atoms with van der Waals surface area (Å²) in [5, 5.41) is 9.60. The van der Waals surface area contributed by atoms with E-state index in [1.807, 2.05) is 6.92 Å². The van der Waals surface area contributed by atoms with Gasteiger partial charge in [0.25, 0.3) is 0 Å². The van der Waals surface area contributed by atoms with E-state index in [1.54, 1.807) is 17.9 Å². The van der Waals surface area contributed by atoms with Crippen LogP contribution in [0.2, 0.25) is 0 Å². The normalized spacial score (nSPS) is 19.6. The Bertz CT molecular complexity index is 448. The molecule has 0 unspecified atom stereocenters. The van der Waals surface area contributed by atoms with Crippen LogP contribution in [0.5, 0.6) is 0 Å². The van der Waals surface area contributed by atoms with Gasteiger partial charge in [-0.1, -0.05) is 0 Å². The van der Waals surface area contributed by atoms with E-state index in [0.717, 1.165) is 5.69 Å². The van der Waals surface area contributed by atoms with E-state index < -0.39 is 11.8 Å².